The molecule has 6 heteroatoms. The standard InChI is InChI=1S/C20H17N5O/c1-13-21-22-19-17-4-2-3-5-18(17)20(23-25(13)19)24-9-8-15-7-6-14(12-26)10-16(15)11-24/h2-7,10,12H,8-9,11H2,1H3. The molecule has 1 aliphatic heterocycles. The first-order valence-electron chi connectivity index (χ1n) is 8.67. The van der Waals surface area contributed by atoms with E-state index in [0.717, 1.165) is 53.9 Å². The number of carbonyl (C=O) groups is 1. The Balaban J connectivity index is 1.68. The van der Waals surface area contributed by atoms with Crippen molar-refractivity contribution in [2.24, 2.45) is 0 Å². The van der Waals surface area contributed by atoms with Gasteiger partial charge in [0.05, 0.1) is 0 Å². The van der Waals surface area contributed by atoms with Crippen LogP contribution in [-0.2, 0) is 13.0 Å². The summed E-state index contributed by atoms with van der Waals surface area (Å²) < 4.78 is 1.81. The van der Waals surface area contributed by atoms with E-state index in [1.165, 1.54) is 11.1 Å². The van der Waals surface area contributed by atoms with E-state index in [0.29, 0.717) is 5.56 Å². The maximum atomic E-state index is 11.1. The molecule has 0 bridgehead atoms. The minimum absolute atomic E-state index is 0.716. The van der Waals surface area contributed by atoms with Gasteiger partial charge in [-0.15, -0.1) is 15.3 Å². The highest BCUT2D eigenvalue weighted by molar-refractivity contribution is 6.00. The molecule has 2 aromatic carbocycles. The van der Waals surface area contributed by atoms with Crippen LogP contribution in [-0.4, -0.2) is 32.6 Å². The van der Waals surface area contributed by atoms with E-state index in [9.17, 15) is 4.79 Å². The molecule has 2 aromatic heterocycles. The predicted octanol–water partition coefficient (Wildman–Crippen LogP) is 2.96. The van der Waals surface area contributed by atoms with Crippen LogP contribution in [0.3, 0.4) is 0 Å². The summed E-state index contributed by atoms with van der Waals surface area (Å²) in [5, 5.41) is 15.4. The van der Waals surface area contributed by atoms with Crippen molar-refractivity contribution < 1.29 is 4.79 Å². The third kappa shape index (κ3) is 2.19. The second-order valence-corrected chi connectivity index (χ2v) is 6.67. The van der Waals surface area contributed by atoms with Gasteiger partial charge in [0.15, 0.2) is 17.3 Å². The van der Waals surface area contributed by atoms with Crippen molar-refractivity contribution in [3.05, 3.63) is 65.0 Å². The molecular formula is C20H17N5O. The number of aryl methyl sites for hydroxylation is 1. The molecule has 0 atom stereocenters. The molecule has 0 saturated carbocycles. The van der Waals surface area contributed by atoms with Crippen LogP contribution in [0.2, 0.25) is 0 Å². The monoisotopic (exact) mass is 343 g/mol. The molecular weight excluding hydrogens is 326 g/mol. The molecule has 26 heavy (non-hydrogen) atoms. The first-order valence-corrected chi connectivity index (χ1v) is 8.67. The number of aldehydes is 1. The third-order valence-electron chi connectivity index (χ3n) is 5.08. The van der Waals surface area contributed by atoms with Gasteiger partial charge in [-0.2, -0.15) is 4.52 Å². The van der Waals surface area contributed by atoms with Crippen LogP contribution in [0.5, 0.6) is 0 Å². The third-order valence-corrected chi connectivity index (χ3v) is 5.08. The number of benzene rings is 2. The fourth-order valence-electron chi connectivity index (χ4n) is 3.73. The summed E-state index contributed by atoms with van der Waals surface area (Å²) in [5.74, 6) is 1.70. The van der Waals surface area contributed by atoms with Crippen molar-refractivity contribution in [2.45, 2.75) is 19.9 Å². The van der Waals surface area contributed by atoms with Gasteiger partial charge in [0, 0.05) is 29.4 Å². The highest BCUT2D eigenvalue weighted by atomic mass is 16.1. The lowest BCUT2D eigenvalue weighted by molar-refractivity contribution is 0.112. The second-order valence-electron chi connectivity index (χ2n) is 6.67. The quantitative estimate of drug-likeness (QED) is 0.524. The van der Waals surface area contributed by atoms with Crippen molar-refractivity contribution in [1.82, 2.24) is 19.8 Å². The number of carbonyl (C=O) groups excluding carboxylic acids is 1. The van der Waals surface area contributed by atoms with Crippen molar-refractivity contribution in [3.8, 4) is 0 Å². The number of hydrogen-bond acceptors (Lipinski definition) is 5. The summed E-state index contributed by atoms with van der Waals surface area (Å²) in [4.78, 5) is 13.4. The summed E-state index contributed by atoms with van der Waals surface area (Å²) in [5.41, 5.74) is 3.99. The van der Waals surface area contributed by atoms with Crippen molar-refractivity contribution >= 4 is 28.5 Å². The Hall–Kier alpha value is -3.28. The predicted molar refractivity (Wildman–Crippen MR) is 99.6 cm³/mol. The van der Waals surface area contributed by atoms with Gasteiger partial charge < -0.3 is 4.90 Å². The van der Waals surface area contributed by atoms with Crippen LogP contribution in [0.4, 0.5) is 5.82 Å². The molecule has 0 aliphatic carbocycles. The fraction of sp³-hybridized carbons (Fsp3) is 0.200. The largest absolute Gasteiger partial charge is 0.350 e. The zero-order valence-electron chi connectivity index (χ0n) is 14.4. The molecule has 0 radical (unpaired) electrons. The summed E-state index contributed by atoms with van der Waals surface area (Å²) >= 11 is 0. The van der Waals surface area contributed by atoms with E-state index >= 15 is 0 Å². The number of rotatable bonds is 2. The average molecular weight is 343 g/mol. The molecule has 3 heterocycles. The topological polar surface area (TPSA) is 63.4 Å². The molecule has 128 valence electrons. The van der Waals surface area contributed by atoms with Crippen molar-refractivity contribution in [3.63, 3.8) is 0 Å². The Bertz CT molecular complexity index is 1160. The number of nitrogens with zero attached hydrogens (tertiary/aromatic N) is 5. The zero-order chi connectivity index (χ0) is 17.7. The highest BCUT2D eigenvalue weighted by Gasteiger charge is 2.21. The van der Waals surface area contributed by atoms with E-state index in [1.54, 1.807) is 0 Å². The van der Waals surface area contributed by atoms with E-state index in [4.69, 9.17) is 5.10 Å². The van der Waals surface area contributed by atoms with Crippen LogP contribution in [0.1, 0.15) is 27.3 Å². The van der Waals surface area contributed by atoms with Crippen LogP contribution < -0.4 is 4.90 Å². The highest BCUT2D eigenvalue weighted by Crippen LogP contribution is 2.31. The maximum Gasteiger partial charge on any atom is 0.185 e. The smallest absolute Gasteiger partial charge is 0.185 e. The molecule has 0 saturated heterocycles. The van der Waals surface area contributed by atoms with Crippen LogP contribution in [0.15, 0.2) is 42.5 Å². The average Bonchev–Trinajstić information content (AvgIpc) is 3.07. The van der Waals surface area contributed by atoms with E-state index in [-0.39, 0.29) is 0 Å². The zero-order valence-corrected chi connectivity index (χ0v) is 14.4. The maximum absolute atomic E-state index is 11.1. The molecule has 1 aliphatic rings. The Morgan fingerprint density at radius 2 is 1.88 bits per heavy atom. The Morgan fingerprint density at radius 1 is 1.04 bits per heavy atom. The number of fused-ring (bicyclic) bond motifs is 4. The van der Waals surface area contributed by atoms with Crippen LogP contribution in [0.25, 0.3) is 16.4 Å². The number of anilines is 1. The lowest BCUT2D eigenvalue weighted by Gasteiger charge is -2.30. The molecule has 4 aromatic rings. The van der Waals surface area contributed by atoms with Crippen LogP contribution in [0, 0.1) is 6.92 Å². The lowest BCUT2D eigenvalue weighted by atomic mass is 9.97. The van der Waals surface area contributed by atoms with Gasteiger partial charge in [-0.05, 0) is 30.5 Å². The van der Waals surface area contributed by atoms with Gasteiger partial charge in [0.2, 0.25) is 0 Å². The molecule has 0 unspecified atom stereocenters. The Labute approximate surface area is 150 Å². The van der Waals surface area contributed by atoms with E-state index < -0.39 is 0 Å². The van der Waals surface area contributed by atoms with E-state index in [2.05, 4.69) is 33.3 Å². The van der Waals surface area contributed by atoms with E-state index in [1.807, 2.05) is 35.7 Å². The van der Waals surface area contributed by atoms with Crippen molar-refractivity contribution in [1.29, 1.82) is 0 Å². The summed E-state index contributed by atoms with van der Waals surface area (Å²) in [6.07, 6.45) is 1.84. The van der Waals surface area contributed by atoms with Crippen molar-refractivity contribution in [2.75, 3.05) is 11.4 Å². The molecule has 6 nitrogen and oxygen atoms in total. The number of aromatic nitrogens is 4. The summed E-state index contributed by atoms with van der Waals surface area (Å²) in [6.45, 7) is 3.53. The number of hydrogen-bond donors (Lipinski definition) is 0. The minimum atomic E-state index is 0.716. The first-order chi connectivity index (χ1) is 12.7. The molecule has 0 spiro atoms. The van der Waals surface area contributed by atoms with Gasteiger partial charge in [-0.3, -0.25) is 4.79 Å². The minimum Gasteiger partial charge on any atom is -0.350 e. The second kappa shape index (κ2) is 5.62. The Morgan fingerprint density at radius 3 is 2.73 bits per heavy atom. The molecule has 0 amide bonds. The SMILES string of the molecule is Cc1nnc2c3ccccc3c(N3CCc4ccc(C=O)cc4C3)nn12. The normalized spacial score (nSPS) is 14.0. The molecule has 5 rings (SSSR count). The van der Waals surface area contributed by atoms with Gasteiger partial charge in [0.1, 0.15) is 6.29 Å². The Kier molecular flexibility index (Phi) is 3.25. The van der Waals surface area contributed by atoms with Crippen LogP contribution >= 0.6 is 0 Å². The first kappa shape index (κ1) is 15.0. The van der Waals surface area contributed by atoms with Gasteiger partial charge in [0.25, 0.3) is 0 Å². The van der Waals surface area contributed by atoms with Gasteiger partial charge in [-0.1, -0.05) is 36.4 Å². The fourth-order valence-corrected chi connectivity index (χ4v) is 3.73. The molecule has 0 N–H and O–H groups in total. The van der Waals surface area contributed by atoms with Gasteiger partial charge in [-0.25, -0.2) is 0 Å². The van der Waals surface area contributed by atoms with Gasteiger partial charge >= 0.3 is 0 Å². The summed E-state index contributed by atoms with van der Waals surface area (Å²) in [7, 11) is 0. The molecule has 0 fully saturated rings. The summed E-state index contributed by atoms with van der Waals surface area (Å²) in [6, 6.07) is 14.1. The lowest BCUT2D eigenvalue weighted by Crippen LogP contribution is -2.31.